The average molecular weight is 297 g/mol. The van der Waals surface area contributed by atoms with E-state index in [2.05, 4.69) is 26.2 Å². The number of hydrogen-bond donors (Lipinski definition) is 1. The van der Waals surface area contributed by atoms with Gasteiger partial charge in [-0.2, -0.15) is 0 Å². The van der Waals surface area contributed by atoms with Gasteiger partial charge in [0.2, 0.25) is 0 Å². The van der Waals surface area contributed by atoms with E-state index < -0.39 is 0 Å². The summed E-state index contributed by atoms with van der Waals surface area (Å²) in [6.07, 6.45) is 0. The van der Waals surface area contributed by atoms with E-state index in [0.29, 0.717) is 5.69 Å². The van der Waals surface area contributed by atoms with Gasteiger partial charge in [0, 0.05) is 15.5 Å². The maximum Gasteiger partial charge on any atom is 0.275 e. The van der Waals surface area contributed by atoms with Crippen LogP contribution in [0.25, 0.3) is 0 Å². The van der Waals surface area contributed by atoms with Gasteiger partial charge in [-0.1, -0.05) is 15.9 Å². The predicted molar refractivity (Wildman–Crippen MR) is 68.9 cm³/mol. The summed E-state index contributed by atoms with van der Waals surface area (Å²) >= 11 is 4.82. The van der Waals surface area contributed by atoms with Crippen LogP contribution in [0.4, 0.5) is 5.69 Å². The Labute approximate surface area is 106 Å². The molecule has 0 saturated carbocycles. The second-order valence-corrected chi connectivity index (χ2v) is 4.86. The smallest absolute Gasteiger partial charge is 0.275 e. The van der Waals surface area contributed by atoms with Gasteiger partial charge >= 0.3 is 0 Å². The molecule has 0 radical (unpaired) electrons. The van der Waals surface area contributed by atoms with Crippen molar-refractivity contribution in [1.29, 1.82) is 0 Å². The Morgan fingerprint density at radius 3 is 2.94 bits per heavy atom. The van der Waals surface area contributed by atoms with Crippen molar-refractivity contribution in [3.8, 4) is 0 Å². The van der Waals surface area contributed by atoms with E-state index in [0.717, 1.165) is 15.7 Å². The molecular weight excluding hydrogens is 288 g/mol. The minimum atomic E-state index is -0.178. The molecule has 3 nitrogen and oxygen atoms in total. The zero-order valence-electron chi connectivity index (χ0n) is 8.53. The molecule has 1 aromatic heterocycles. The zero-order chi connectivity index (χ0) is 11.5. The lowest BCUT2D eigenvalue weighted by atomic mass is 10.2. The van der Waals surface area contributed by atoms with Gasteiger partial charge in [0.1, 0.15) is 5.69 Å². The summed E-state index contributed by atoms with van der Waals surface area (Å²) in [6, 6.07) is 5.67. The van der Waals surface area contributed by atoms with Crippen LogP contribution in [-0.4, -0.2) is 10.9 Å². The van der Waals surface area contributed by atoms with Crippen LogP contribution in [0.1, 0.15) is 16.1 Å². The molecule has 16 heavy (non-hydrogen) atoms. The van der Waals surface area contributed by atoms with E-state index in [-0.39, 0.29) is 5.91 Å². The van der Waals surface area contributed by atoms with Gasteiger partial charge in [-0.15, -0.1) is 11.3 Å². The first-order chi connectivity index (χ1) is 7.66. The number of benzene rings is 1. The molecule has 0 saturated heterocycles. The van der Waals surface area contributed by atoms with Gasteiger partial charge in [0.25, 0.3) is 5.91 Å². The van der Waals surface area contributed by atoms with Crippen LogP contribution in [0.2, 0.25) is 0 Å². The van der Waals surface area contributed by atoms with Gasteiger partial charge in [0.15, 0.2) is 0 Å². The highest BCUT2D eigenvalue weighted by molar-refractivity contribution is 9.10. The molecule has 5 heteroatoms. The third kappa shape index (κ3) is 2.48. The van der Waals surface area contributed by atoms with Crippen LogP contribution in [0.15, 0.2) is 33.6 Å². The largest absolute Gasteiger partial charge is 0.321 e. The third-order valence-electron chi connectivity index (χ3n) is 2.08. The zero-order valence-corrected chi connectivity index (χ0v) is 10.9. The summed E-state index contributed by atoms with van der Waals surface area (Å²) in [6.45, 7) is 1.97. The number of nitrogens with zero attached hydrogens (tertiary/aromatic N) is 1. The lowest BCUT2D eigenvalue weighted by molar-refractivity contribution is 0.102. The number of carbonyl (C=O) groups excluding carboxylic acids is 1. The number of aromatic nitrogens is 1. The van der Waals surface area contributed by atoms with Gasteiger partial charge in [-0.3, -0.25) is 4.79 Å². The number of aryl methyl sites for hydroxylation is 1. The van der Waals surface area contributed by atoms with Crippen molar-refractivity contribution in [2.45, 2.75) is 6.92 Å². The summed E-state index contributed by atoms with van der Waals surface area (Å²) in [5.74, 6) is -0.178. The normalized spacial score (nSPS) is 10.1. The highest BCUT2D eigenvalue weighted by Crippen LogP contribution is 2.20. The van der Waals surface area contributed by atoms with Gasteiger partial charge in [-0.25, -0.2) is 4.98 Å². The first-order valence-electron chi connectivity index (χ1n) is 4.62. The van der Waals surface area contributed by atoms with Crippen molar-refractivity contribution in [3.05, 3.63) is 44.8 Å². The van der Waals surface area contributed by atoms with Gasteiger partial charge in [0.05, 0.1) is 5.51 Å². The second kappa shape index (κ2) is 4.76. The molecular formula is C11H9BrN2OS. The van der Waals surface area contributed by atoms with E-state index in [4.69, 9.17) is 0 Å². The predicted octanol–water partition coefficient (Wildman–Crippen LogP) is 3.47. The van der Waals surface area contributed by atoms with Crippen LogP contribution in [0.3, 0.4) is 0 Å². The van der Waals surface area contributed by atoms with E-state index in [1.54, 1.807) is 10.9 Å². The molecule has 82 valence electrons. The van der Waals surface area contributed by atoms with Crippen LogP contribution >= 0.6 is 27.3 Å². The molecule has 1 aromatic carbocycles. The number of rotatable bonds is 2. The topological polar surface area (TPSA) is 42.0 Å². The van der Waals surface area contributed by atoms with Crippen molar-refractivity contribution in [1.82, 2.24) is 4.98 Å². The molecule has 1 heterocycles. The van der Waals surface area contributed by atoms with Crippen molar-refractivity contribution in [2.24, 2.45) is 0 Å². The quantitative estimate of drug-likeness (QED) is 0.922. The second-order valence-electron chi connectivity index (χ2n) is 3.29. The Morgan fingerprint density at radius 1 is 1.50 bits per heavy atom. The highest BCUT2D eigenvalue weighted by Gasteiger charge is 2.08. The van der Waals surface area contributed by atoms with E-state index in [1.165, 1.54) is 11.3 Å². The first-order valence-corrected chi connectivity index (χ1v) is 6.36. The third-order valence-corrected chi connectivity index (χ3v) is 3.56. The van der Waals surface area contributed by atoms with Crippen LogP contribution in [0.5, 0.6) is 0 Å². The van der Waals surface area contributed by atoms with Crippen molar-refractivity contribution in [3.63, 3.8) is 0 Å². The first kappa shape index (κ1) is 11.3. The Kier molecular flexibility index (Phi) is 3.36. The lowest BCUT2D eigenvalue weighted by Crippen LogP contribution is -2.12. The SMILES string of the molecule is Cc1cc(NC(=O)c2cscn2)ccc1Br. The summed E-state index contributed by atoms with van der Waals surface area (Å²) in [5.41, 5.74) is 3.95. The molecule has 2 aromatic rings. The molecule has 1 N–H and O–H groups in total. The molecule has 0 atom stereocenters. The molecule has 2 rings (SSSR count). The number of hydrogen-bond acceptors (Lipinski definition) is 3. The summed E-state index contributed by atoms with van der Waals surface area (Å²) < 4.78 is 1.03. The number of halogens is 1. The molecule has 0 bridgehead atoms. The maximum atomic E-state index is 11.7. The molecule has 0 unspecified atom stereocenters. The molecule has 0 aliphatic rings. The minimum Gasteiger partial charge on any atom is -0.321 e. The Hall–Kier alpha value is -1.20. The molecule has 0 fully saturated rings. The molecule has 1 amide bonds. The molecule has 0 spiro atoms. The highest BCUT2D eigenvalue weighted by atomic mass is 79.9. The fraction of sp³-hybridized carbons (Fsp3) is 0.0909. The summed E-state index contributed by atoms with van der Waals surface area (Å²) in [4.78, 5) is 15.6. The fourth-order valence-corrected chi connectivity index (χ4v) is 2.02. The van der Waals surface area contributed by atoms with Gasteiger partial charge in [-0.05, 0) is 30.7 Å². The van der Waals surface area contributed by atoms with E-state index in [1.807, 2.05) is 25.1 Å². The fourth-order valence-electron chi connectivity index (χ4n) is 1.24. The van der Waals surface area contributed by atoms with Crippen molar-refractivity contribution in [2.75, 3.05) is 5.32 Å². The lowest BCUT2D eigenvalue weighted by Gasteiger charge is -2.05. The summed E-state index contributed by atoms with van der Waals surface area (Å²) in [5, 5.41) is 4.52. The summed E-state index contributed by atoms with van der Waals surface area (Å²) in [7, 11) is 0. The molecule has 0 aliphatic carbocycles. The van der Waals surface area contributed by atoms with Crippen molar-refractivity contribution >= 4 is 38.9 Å². The molecule has 0 aliphatic heterocycles. The number of carbonyl (C=O) groups is 1. The average Bonchev–Trinajstić information content (AvgIpc) is 2.77. The minimum absolute atomic E-state index is 0.178. The van der Waals surface area contributed by atoms with Crippen LogP contribution < -0.4 is 5.32 Å². The standard InChI is InChI=1S/C11H9BrN2OS/c1-7-4-8(2-3-9(7)12)14-11(15)10-5-16-6-13-10/h2-6H,1H3,(H,14,15). The number of anilines is 1. The Morgan fingerprint density at radius 2 is 2.31 bits per heavy atom. The number of nitrogens with one attached hydrogen (secondary N) is 1. The Balaban J connectivity index is 2.15. The maximum absolute atomic E-state index is 11.7. The number of thiazole rings is 1. The van der Waals surface area contributed by atoms with Crippen molar-refractivity contribution < 1.29 is 4.79 Å². The van der Waals surface area contributed by atoms with Crippen LogP contribution in [0, 0.1) is 6.92 Å². The van der Waals surface area contributed by atoms with Crippen LogP contribution in [-0.2, 0) is 0 Å². The van der Waals surface area contributed by atoms with E-state index in [9.17, 15) is 4.79 Å². The van der Waals surface area contributed by atoms with Gasteiger partial charge < -0.3 is 5.32 Å². The Bertz CT molecular complexity index is 511. The van der Waals surface area contributed by atoms with E-state index >= 15 is 0 Å². The number of amides is 1. The monoisotopic (exact) mass is 296 g/mol.